The van der Waals surface area contributed by atoms with Crippen LogP contribution in [0.5, 0.6) is 5.75 Å². The van der Waals surface area contributed by atoms with Gasteiger partial charge in [-0.2, -0.15) is 5.10 Å². The van der Waals surface area contributed by atoms with Gasteiger partial charge in [0.1, 0.15) is 12.4 Å². The number of nitrogens with two attached hydrogens (primary N) is 1. The highest BCUT2D eigenvalue weighted by molar-refractivity contribution is 7.11. The van der Waals surface area contributed by atoms with Crippen LogP contribution in [0.3, 0.4) is 0 Å². The van der Waals surface area contributed by atoms with Crippen LogP contribution in [0.1, 0.15) is 16.7 Å². The highest BCUT2D eigenvalue weighted by Crippen LogP contribution is 2.17. The Morgan fingerprint density at radius 2 is 2.21 bits per heavy atom. The summed E-state index contributed by atoms with van der Waals surface area (Å²) in [6.07, 6.45) is 2.56. The molecule has 102 valence electrons. The molecule has 0 radical (unpaired) electrons. The van der Waals surface area contributed by atoms with Crippen molar-refractivity contribution < 1.29 is 4.74 Å². The molecule has 0 aliphatic heterocycles. The van der Waals surface area contributed by atoms with Gasteiger partial charge in [-0.15, -0.1) is 11.3 Å². The second-order valence-electron chi connectivity index (χ2n) is 4.05. The van der Waals surface area contributed by atoms with E-state index >= 15 is 0 Å². The molecule has 0 saturated heterocycles. The average Bonchev–Trinajstić information content (AvgIpc) is 2.87. The highest BCUT2D eigenvalue weighted by atomic mass is 32.1. The Bertz CT molecular complexity index is 592. The van der Waals surface area contributed by atoms with Gasteiger partial charge in [0.2, 0.25) is 0 Å². The Hall–Kier alpha value is -1.66. The molecule has 0 aliphatic rings. The molecule has 0 amide bonds. The summed E-state index contributed by atoms with van der Waals surface area (Å²) < 4.78 is 6.70. The van der Waals surface area contributed by atoms with Crippen molar-refractivity contribution in [2.75, 3.05) is 13.2 Å². The summed E-state index contributed by atoms with van der Waals surface area (Å²) in [7, 11) is 0. The molecule has 0 unspecified atom stereocenters. The van der Waals surface area contributed by atoms with Gasteiger partial charge in [0.25, 0.3) is 5.56 Å². The quantitative estimate of drug-likeness (QED) is 0.864. The van der Waals surface area contributed by atoms with Crippen molar-refractivity contribution in [3.8, 4) is 5.75 Å². The van der Waals surface area contributed by atoms with E-state index in [1.54, 1.807) is 17.5 Å². The van der Waals surface area contributed by atoms with E-state index in [0.717, 1.165) is 11.3 Å². The Morgan fingerprint density at radius 3 is 2.84 bits per heavy atom. The van der Waals surface area contributed by atoms with Gasteiger partial charge in [-0.1, -0.05) is 6.92 Å². The molecule has 2 N–H and O–H groups in total. The van der Waals surface area contributed by atoms with Crippen LogP contribution in [0.4, 0.5) is 0 Å². The Morgan fingerprint density at radius 1 is 1.42 bits per heavy atom. The molecule has 19 heavy (non-hydrogen) atoms. The van der Waals surface area contributed by atoms with Gasteiger partial charge < -0.3 is 10.5 Å². The molecule has 2 rings (SSSR count). The number of rotatable bonds is 6. The van der Waals surface area contributed by atoms with Crippen LogP contribution in [-0.4, -0.2) is 22.9 Å². The van der Waals surface area contributed by atoms with E-state index in [9.17, 15) is 4.79 Å². The fourth-order valence-corrected chi connectivity index (χ4v) is 2.58. The third kappa shape index (κ3) is 3.65. The first-order valence-electron chi connectivity index (χ1n) is 6.20. The normalized spacial score (nSPS) is 10.6. The maximum Gasteiger partial charge on any atom is 0.270 e. The van der Waals surface area contributed by atoms with Gasteiger partial charge in [-0.3, -0.25) is 4.79 Å². The largest absolute Gasteiger partial charge is 0.490 e. The molecule has 2 aromatic rings. The van der Waals surface area contributed by atoms with Crippen molar-refractivity contribution in [1.82, 2.24) is 9.78 Å². The summed E-state index contributed by atoms with van der Waals surface area (Å²) >= 11 is 1.71. The first kappa shape index (κ1) is 13.8. The maximum absolute atomic E-state index is 11.9. The molecule has 2 aromatic heterocycles. The minimum absolute atomic E-state index is 0.166. The Balaban J connectivity index is 2.10. The number of ether oxygens (including phenoxy) is 1. The van der Waals surface area contributed by atoms with Gasteiger partial charge in [-0.05, 0) is 18.6 Å². The smallest absolute Gasteiger partial charge is 0.270 e. The van der Waals surface area contributed by atoms with Crippen molar-refractivity contribution in [2.24, 2.45) is 5.73 Å². The van der Waals surface area contributed by atoms with Crippen LogP contribution in [0.2, 0.25) is 0 Å². The SMILES string of the molecule is CCc1ccc(Cn2ncc(OCCN)cc2=O)s1. The summed E-state index contributed by atoms with van der Waals surface area (Å²) in [4.78, 5) is 14.3. The topological polar surface area (TPSA) is 70.1 Å². The van der Waals surface area contributed by atoms with Crippen LogP contribution < -0.4 is 16.0 Å². The van der Waals surface area contributed by atoms with Gasteiger partial charge in [0.05, 0.1) is 12.7 Å². The maximum atomic E-state index is 11.9. The van der Waals surface area contributed by atoms with E-state index in [0.29, 0.717) is 25.4 Å². The summed E-state index contributed by atoms with van der Waals surface area (Å²) in [5, 5.41) is 4.11. The van der Waals surface area contributed by atoms with Crippen molar-refractivity contribution in [1.29, 1.82) is 0 Å². The zero-order valence-corrected chi connectivity index (χ0v) is 11.7. The Kier molecular flexibility index (Phi) is 4.70. The average molecular weight is 279 g/mol. The van der Waals surface area contributed by atoms with Crippen LogP contribution >= 0.6 is 11.3 Å². The molecule has 0 spiro atoms. The minimum Gasteiger partial charge on any atom is -0.490 e. The molecular weight excluding hydrogens is 262 g/mol. The lowest BCUT2D eigenvalue weighted by Crippen LogP contribution is -2.22. The molecule has 0 atom stereocenters. The zero-order valence-electron chi connectivity index (χ0n) is 10.8. The third-order valence-electron chi connectivity index (χ3n) is 2.60. The standard InChI is InChI=1S/C13H17N3O2S/c1-2-11-3-4-12(19-11)9-16-13(17)7-10(8-15-16)18-6-5-14/h3-4,7-8H,2,5-6,9,14H2,1H3. The summed E-state index contributed by atoms with van der Waals surface area (Å²) in [5.41, 5.74) is 5.17. The lowest BCUT2D eigenvalue weighted by atomic mass is 10.3. The van der Waals surface area contributed by atoms with Crippen LogP contribution in [0.15, 0.2) is 29.2 Å². The van der Waals surface area contributed by atoms with E-state index in [1.165, 1.54) is 15.6 Å². The number of nitrogens with zero attached hydrogens (tertiary/aromatic N) is 2. The van der Waals surface area contributed by atoms with Crippen molar-refractivity contribution in [2.45, 2.75) is 19.9 Å². The van der Waals surface area contributed by atoms with Gasteiger partial charge in [-0.25, -0.2) is 4.68 Å². The van der Waals surface area contributed by atoms with E-state index in [-0.39, 0.29) is 5.56 Å². The van der Waals surface area contributed by atoms with Crippen molar-refractivity contribution in [3.63, 3.8) is 0 Å². The molecule has 0 saturated carbocycles. The second kappa shape index (κ2) is 6.49. The van der Waals surface area contributed by atoms with E-state index in [2.05, 4.69) is 18.1 Å². The van der Waals surface area contributed by atoms with Crippen molar-refractivity contribution >= 4 is 11.3 Å². The molecule has 0 aromatic carbocycles. The predicted octanol–water partition coefficient (Wildman–Crippen LogP) is 1.25. The van der Waals surface area contributed by atoms with E-state index < -0.39 is 0 Å². The molecular formula is C13H17N3O2S. The van der Waals surface area contributed by atoms with Gasteiger partial charge in [0.15, 0.2) is 0 Å². The van der Waals surface area contributed by atoms with Gasteiger partial charge >= 0.3 is 0 Å². The number of aryl methyl sites for hydroxylation is 1. The fraction of sp³-hybridized carbons (Fsp3) is 0.385. The highest BCUT2D eigenvalue weighted by Gasteiger charge is 2.04. The molecule has 5 nitrogen and oxygen atoms in total. The first-order valence-corrected chi connectivity index (χ1v) is 7.02. The summed E-state index contributed by atoms with van der Waals surface area (Å²) in [6.45, 7) is 3.41. The predicted molar refractivity (Wildman–Crippen MR) is 75.8 cm³/mol. The number of thiophene rings is 1. The lowest BCUT2D eigenvalue weighted by Gasteiger charge is -2.06. The van der Waals surface area contributed by atoms with Crippen LogP contribution in [0.25, 0.3) is 0 Å². The molecule has 6 heteroatoms. The molecule has 2 heterocycles. The first-order chi connectivity index (χ1) is 9.22. The van der Waals surface area contributed by atoms with Gasteiger partial charge in [0, 0.05) is 22.4 Å². The summed E-state index contributed by atoms with van der Waals surface area (Å²) in [6, 6.07) is 5.57. The van der Waals surface area contributed by atoms with E-state index in [4.69, 9.17) is 10.5 Å². The second-order valence-corrected chi connectivity index (χ2v) is 5.30. The monoisotopic (exact) mass is 279 g/mol. The van der Waals surface area contributed by atoms with Crippen LogP contribution in [-0.2, 0) is 13.0 Å². The molecule has 0 aliphatic carbocycles. The molecule has 0 fully saturated rings. The number of hydrogen-bond donors (Lipinski definition) is 1. The minimum atomic E-state index is -0.166. The van der Waals surface area contributed by atoms with E-state index in [1.807, 2.05) is 6.07 Å². The fourth-order valence-electron chi connectivity index (χ4n) is 1.64. The molecule has 0 bridgehead atoms. The number of aromatic nitrogens is 2. The van der Waals surface area contributed by atoms with Crippen LogP contribution in [0, 0.1) is 0 Å². The summed E-state index contributed by atoms with van der Waals surface area (Å²) in [5.74, 6) is 0.465. The number of hydrogen-bond acceptors (Lipinski definition) is 5. The third-order valence-corrected chi connectivity index (χ3v) is 3.82. The van der Waals surface area contributed by atoms with Crippen molar-refractivity contribution in [3.05, 3.63) is 44.5 Å². The lowest BCUT2D eigenvalue weighted by molar-refractivity contribution is 0.324. The Labute approximate surface area is 115 Å². The zero-order chi connectivity index (χ0) is 13.7.